The molecule has 0 unspecified atom stereocenters. The number of benzene rings is 1. The Morgan fingerprint density at radius 1 is 1.41 bits per heavy atom. The molecule has 1 fully saturated rings. The summed E-state index contributed by atoms with van der Waals surface area (Å²) in [6, 6.07) is 7.68. The minimum atomic E-state index is -0.914. The van der Waals surface area contributed by atoms with Gasteiger partial charge in [0.15, 0.2) is 0 Å². The van der Waals surface area contributed by atoms with Gasteiger partial charge in [-0.15, -0.1) is 0 Å². The highest BCUT2D eigenvalue weighted by molar-refractivity contribution is 6.08. The van der Waals surface area contributed by atoms with Crippen LogP contribution in [0.2, 0.25) is 0 Å². The minimum absolute atomic E-state index is 0.0753. The summed E-state index contributed by atoms with van der Waals surface area (Å²) in [7, 11) is 0. The lowest BCUT2D eigenvalue weighted by Crippen LogP contribution is -2.46. The number of morpholine rings is 1. The van der Waals surface area contributed by atoms with Gasteiger partial charge < -0.3 is 19.7 Å². The number of aliphatic carboxylic acids is 1. The van der Waals surface area contributed by atoms with E-state index in [1.807, 2.05) is 31.2 Å². The number of fused-ring (bicyclic) bond motifs is 1. The van der Waals surface area contributed by atoms with Crippen LogP contribution in [-0.4, -0.2) is 52.7 Å². The van der Waals surface area contributed by atoms with Crippen molar-refractivity contribution in [1.29, 1.82) is 0 Å². The Balaban J connectivity index is 1.86. The maximum Gasteiger partial charge on any atom is 0.306 e. The van der Waals surface area contributed by atoms with Gasteiger partial charge in [-0.25, -0.2) is 0 Å². The van der Waals surface area contributed by atoms with Crippen molar-refractivity contribution in [3.63, 3.8) is 0 Å². The molecule has 1 aromatic heterocycles. The third kappa shape index (κ3) is 2.69. The molecule has 6 nitrogen and oxygen atoms in total. The highest BCUT2D eigenvalue weighted by Gasteiger charge is 2.28. The average molecular weight is 302 g/mol. The maximum absolute atomic E-state index is 12.8. The zero-order valence-electron chi connectivity index (χ0n) is 12.3. The lowest BCUT2D eigenvalue weighted by Gasteiger charge is -2.32. The van der Waals surface area contributed by atoms with Crippen LogP contribution in [0, 0.1) is 6.92 Å². The number of rotatable bonds is 3. The normalized spacial score (nSPS) is 18.6. The predicted octanol–water partition coefficient (Wildman–Crippen LogP) is 1.79. The van der Waals surface area contributed by atoms with Crippen LogP contribution in [0.4, 0.5) is 0 Å². The minimum Gasteiger partial charge on any atom is -0.481 e. The standard InChI is InChI=1S/C16H18N2O4/c1-10-15(12-4-2-3-5-13(12)17-10)16(21)18-6-7-22-11(9-18)8-14(19)20/h2-5,11,17H,6-9H2,1H3,(H,19,20)/t11-/m0/s1. The highest BCUT2D eigenvalue weighted by Crippen LogP contribution is 2.24. The molecule has 0 aliphatic carbocycles. The fourth-order valence-corrected chi connectivity index (χ4v) is 2.93. The Bertz CT molecular complexity index is 722. The summed E-state index contributed by atoms with van der Waals surface area (Å²) in [4.78, 5) is 28.5. The van der Waals surface area contributed by atoms with Gasteiger partial charge in [0.25, 0.3) is 5.91 Å². The predicted molar refractivity (Wildman–Crippen MR) is 80.9 cm³/mol. The molecular formula is C16H18N2O4. The Morgan fingerprint density at radius 3 is 2.95 bits per heavy atom. The Hall–Kier alpha value is -2.34. The van der Waals surface area contributed by atoms with E-state index in [1.54, 1.807) is 4.90 Å². The van der Waals surface area contributed by atoms with E-state index in [0.717, 1.165) is 16.6 Å². The SMILES string of the molecule is Cc1[nH]c2ccccc2c1C(=O)N1CCO[C@@H](CC(=O)O)C1. The number of aryl methyl sites for hydroxylation is 1. The van der Waals surface area contributed by atoms with Crippen LogP contribution in [0.3, 0.4) is 0 Å². The van der Waals surface area contributed by atoms with Crippen LogP contribution in [0.15, 0.2) is 24.3 Å². The lowest BCUT2D eigenvalue weighted by atomic mass is 10.1. The Labute approximate surface area is 127 Å². The Kier molecular flexibility index (Phi) is 3.85. The molecule has 1 saturated heterocycles. The number of ether oxygens (including phenoxy) is 1. The molecule has 0 spiro atoms. The largest absolute Gasteiger partial charge is 0.481 e. The second-order valence-electron chi connectivity index (χ2n) is 5.51. The zero-order chi connectivity index (χ0) is 15.7. The molecule has 3 rings (SSSR count). The fraction of sp³-hybridized carbons (Fsp3) is 0.375. The second-order valence-corrected chi connectivity index (χ2v) is 5.51. The van der Waals surface area contributed by atoms with Crippen molar-refractivity contribution in [1.82, 2.24) is 9.88 Å². The topological polar surface area (TPSA) is 82.6 Å². The van der Waals surface area contributed by atoms with E-state index in [0.29, 0.717) is 25.3 Å². The first-order chi connectivity index (χ1) is 10.6. The van der Waals surface area contributed by atoms with E-state index in [4.69, 9.17) is 9.84 Å². The van der Waals surface area contributed by atoms with Crippen LogP contribution < -0.4 is 0 Å². The van der Waals surface area contributed by atoms with Crippen molar-refractivity contribution >= 4 is 22.8 Å². The number of H-pyrrole nitrogens is 1. The van der Waals surface area contributed by atoms with Crippen LogP contribution in [0.5, 0.6) is 0 Å². The molecule has 2 N–H and O–H groups in total. The molecule has 0 radical (unpaired) electrons. The van der Waals surface area contributed by atoms with E-state index in [-0.39, 0.29) is 12.3 Å². The van der Waals surface area contributed by atoms with Crippen LogP contribution in [-0.2, 0) is 9.53 Å². The Morgan fingerprint density at radius 2 is 2.18 bits per heavy atom. The number of carboxylic acid groups (broad SMARTS) is 1. The van der Waals surface area contributed by atoms with E-state index >= 15 is 0 Å². The molecule has 116 valence electrons. The number of amides is 1. The third-order valence-electron chi connectivity index (χ3n) is 3.94. The fourth-order valence-electron chi connectivity index (χ4n) is 2.93. The molecule has 2 heterocycles. The first-order valence-electron chi connectivity index (χ1n) is 7.26. The molecule has 22 heavy (non-hydrogen) atoms. The quantitative estimate of drug-likeness (QED) is 0.905. The van der Waals surface area contributed by atoms with Gasteiger partial charge in [-0.1, -0.05) is 18.2 Å². The van der Waals surface area contributed by atoms with Gasteiger partial charge in [0, 0.05) is 29.7 Å². The van der Waals surface area contributed by atoms with Crippen LogP contribution in [0.25, 0.3) is 10.9 Å². The summed E-state index contributed by atoms with van der Waals surface area (Å²) in [5.41, 5.74) is 2.41. The molecular weight excluding hydrogens is 284 g/mol. The van der Waals surface area contributed by atoms with Crippen molar-refractivity contribution in [2.45, 2.75) is 19.4 Å². The number of para-hydroxylation sites is 1. The first-order valence-corrected chi connectivity index (χ1v) is 7.26. The molecule has 1 atom stereocenters. The highest BCUT2D eigenvalue weighted by atomic mass is 16.5. The third-order valence-corrected chi connectivity index (χ3v) is 3.94. The summed E-state index contributed by atoms with van der Waals surface area (Å²) < 4.78 is 5.42. The molecule has 0 saturated carbocycles. The van der Waals surface area contributed by atoms with Gasteiger partial charge in [0.1, 0.15) is 0 Å². The number of carbonyl (C=O) groups excluding carboxylic acids is 1. The average Bonchev–Trinajstić information content (AvgIpc) is 2.82. The zero-order valence-corrected chi connectivity index (χ0v) is 12.3. The maximum atomic E-state index is 12.8. The van der Waals surface area contributed by atoms with Gasteiger partial charge in [-0.2, -0.15) is 0 Å². The van der Waals surface area contributed by atoms with Gasteiger partial charge in [-0.3, -0.25) is 9.59 Å². The number of nitrogens with zero attached hydrogens (tertiary/aromatic N) is 1. The molecule has 0 bridgehead atoms. The van der Waals surface area contributed by atoms with E-state index in [2.05, 4.69) is 4.98 Å². The number of hydrogen-bond acceptors (Lipinski definition) is 3. The van der Waals surface area contributed by atoms with Crippen molar-refractivity contribution in [3.8, 4) is 0 Å². The number of aromatic nitrogens is 1. The van der Waals surface area contributed by atoms with Crippen molar-refractivity contribution in [2.24, 2.45) is 0 Å². The first kappa shape index (κ1) is 14.6. The summed E-state index contributed by atoms with van der Waals surface area (Å²) in [6.07, 6.45) is -0.530. The summed E-state index contributed by atoms with van der Waals surface area (Å²) >= 11 is 0. The van der Waals surface area contributed by atoms with Crippen LogP contribution >= 0.6 is 0 Å². The van der Waals surface area contributed by atoms with Crippen molar-refractivity contribution < 1.29 is 19.4 Å². The summed E-state index contributed by atoms with van der Waals surface area (Å²) in [6.45, 7) is 3.03. The molecule has 2 aromatic rings. The number of aromatic amines is 1. The monoisotopic (exact) mass is 302 g/mol. The lowest BCUT2D eigenvalue weighted by molar-refractivity contribution is -0.141. The van der Waals surface area contributed by atoms with E-state index in [9.17, 15) is 9.59 Å². The summed E-state index contributed by atoms with van der Waals surface area (Å²) in [5.74, 6) is -0.990. The van der Waals surface area contributed by atoms with Crippen molar-refractivity contribution in [3.05, 3.63) is 35.5 Å². The van der Waals surface area contributed by atoms with E-state index < -0.39 is 12.1 Å². The molecule has 1 aromatic carbocycles. The molecule has 1 aliphatic rings. The van der Waals surface area contributed by atoms with Gasteiger partial charge in [0.05, 0.1) is 24.7 Å². The molecule has 1 amide bonds. The number of carbonyl (C=O) groups is 2. The molecule has 6 heteroatoms. The van der Waals surface area contributed by atoms with E-state index in [1.165, 1.54) is 0 Å². The smallest absolute Gasteiger partial charge is 0.306 e. The number of carboxylic acids is 1. The molecule has 1 aliphatic heterocycles. The summed E-state index contributed by atoms with van der Waals surface area (Å²) in [5, 5.41) is 9.77. The van der Waals surface area contributed by atoms with Gasteiger partial charge in [-0.05, 0) is 13.0 Å². The van der Waals surface area contributed by atoms with Crippen LogP contribution in [0.1, 0.15) is 22.5 Å². The van der Waals surface area contributed by atoms with Gasteiger partial charge in [0.2, 0.25) is 0 Å². The van der Waals surface area contributed by atoms with Gasteiger partial charge >= 0.3 is 5.97 Å². The van der Waals surface area contributed by atoms with Crippen molar-refractivity contribution in [2.75, 3.05) is 19.7 Å². The number of hydrogen-bond donors (Lipinski definition) is 2. The second kappa shape index (κ2) is 5.81. The number of nitrogens with one attached hydrogen (secondary N) is 1.